The number of nitrogens with one attached hydrogen (secondary N) is 4. The fourth-order valence-electron chi connectivity index (χ4n) is 4.46. The van der Waals surface area contributed by atoms with E-state index in [2.05, 4.69) is 45.9 Å². The highest BCUT2D eigenvalue weighted by Gasteiger charge is 2.28. The first-order valence-corrected chi connectivity index (χ1v) is 15.1. The molecule has 0 saturated carbocycles. The second-order valence-electron chi connectivity index (χ2n) is 10.1. The highest BCUT2D eigenvalue weighted by atomic mass is 35.5. The summed E-state index contributed by atoms with van der Waals surface area (Å²) in [5, 5.41) is 13.2. The Morgan fingerprint density at radius 2 is 1.39 bits per heavy atom. The van der Waals surface area contributed by atoms with Crippen LogP contribution in [0.3, 0.4) is 0 Å². The van der Waals surface area contributed by atoms with E-state index in [1.165, 1.54) is 18.5 Å². The van der Waals surface area contributed by atoms with Crippen molar-refractivity contribution in [3.63, 3.8) is 0 Å². The van der Waals surface area contributed by atoms with E-state index in [4.69, 9.17) is 32.7 Å². The van der Waals surface area contributed by atoms with Crippen LogP contribution >= 0.6 is 23.2 Å². The van der Waals surface area contributed by atoms with E-state index < -0.39 is 12.8 Å². The first-order valence-electron chi connectivity index (χ1n) is 14.3. The van der Waals surface area contributed by atoms with Gasteiger partial charge >= 0.3 is 6.18 Å². The maximum absolute atomic E-state index is 12.2. The second-order valence-corrected chi connectivity index (χ2v) is 10.8. The quantitative estimate of drug-likeness (QED) is 0.164. The lowest BCUT2D eigenvalue weighted by molar-refractivity contribution is -0.154. The van der Waals surface area contributed by atoms with Gasteiger partial charge in [0.1, 0.15) is 5.02 Å². The van der Waals surface area contributed by atoms with Crippen LogP contribution in [0.25, 0.3) is 0 Å². The van der Waals surface area contributed by atoms with Crippen LogP contribution in [0, 0.1) is 0 Å². The predicted molar refractivity (Wildman–Crippen MR) is 168 cm³/mol. The average Bonchev–Trinajstić information content (AvgIpc) is 3.07. The van der Waals surface area contributed by atoms with E-state index in [1.54, 1.807) is 0 Å². The van der Waals surface area contributed by atoms with Crippen molar-refractivity contribution in [2.45, 2.75) is 18.4 Å². The fourth-order valence-corrected chi connectivity index (χ4v) is 4.73. The third kappa shape index (κ3) is 10.4. The van der Waals surface area contributed by atoms with Gasteiger partial charge in [0.05, 0.1) is 31.6 Å². The lowest BCUT2D eigenvalue weighted by Crippen LogP contribution is -2.33. The van der Waals surface area contributed by atoms with Crippen molar-refractivity contribution in [2.75, 3.05) is 56.6 Å². The minimum atomic E-state index is -4.41. The van der Waals surface area contributed by atoms with Crippen molar-refractivity contribution in [1.29, 1.82) is 0 Å². The number of benzene rings is 2. The minimum Gasteiger partial charge on any atom is -0.468 e. The monoisotopic (exact) mass is 678 g/mol. The molecule has 2 aromatic carbocycles. The molecule has 46 heavy (non-hydrogen) atoms. The number of aromatic nitrogens is 4. The summed E-state index contributed by atoms with van der Waals surface area (Å²) in [5.74, 6) is 0.496. The highest BCUT2D eigenvalue weighted by molar-refractivity contribution is 6.33. The number of ether oxygens (including phenoxy) is 3. The Labute approximate surface area is 273 Å². The van der Waals surface area contributed by atoms with Crippen molar-refractivity contribution < 1.29 is 27.4 Å². The first-order chi connectivity index (χ1) is 22.2. The molecular formula is C30H31Cl2F3N8O3. The van der Waals surface area contributed by atoms with Crippen molar-refractivity contribution in [1.82, 2.24) is 30.6 Å². The zero-order valence-electron chi connectivity index (χ0n) is 24.4. The third-order valence-electron chi connectivity index (χ3n) is 6.67. The normalized spacial score (nSPS) is 18.2. The number of anilines is 4. The molecule has 2 aliphatic heterocycles. The maximum atomic E-state index is 12.2. The van der Waals surface area contributed by atoms with Gasteiger partial charge in [0.2, 0.25) is 17.1 Å². The van der Waals surface area contributed by atoms with Gasteiger partial charge in [-0.15, -0.1) is 0 Å². The van der Waals surface area contributed by atoms with E-state index in [0.29, 0.717) is 23.1 Å². The number of morpholine rings is 2. The molecule has 2 fully saturated rings. The number of rotatable bonds is 8. The van der Waals surface area contributed by atoms with Crippen LogP contribution in [-0.4, -0.2) is 72.1 Å². The van der Waals surface area contributed by atoms with Gasteiger partial charge in [-0.2, -0.15) is 23.1 Å². The smallest absolute Gasteiger partial charge is 0.422 e. The Morgan fingerprint density at radius 3 is 1.93 bits per heavy atom. The molecule has 6 rings (SSSR count). The third-order valence-corrected chi connectivity index (χ3v) is 7.13. The predicted octanol–water partition coefficient (Wildman–Crippen LogP) is 6.01. The summed E-state index contributed by atoms with van der Waals surface area (Å²) in [6.45, 7) is 3.36. The standard InChI is InChI=1S/C16H17F3N4O2.C14H14Cl2N4O/c17-16(18,19)10-25-14-5-6-21-15(23-14)22-12-3-1-11(2-4-12)13-9-20-7-8-24-13;15-11-7-18-14(16)20-13(11)19-10-3-1-9(2-4-10)12-8-17-5-6-21-12/h1-6,13,20H,7-10H2,(H,21,22,23);1-4,7,12,17H,5-6,8H2,(H,18,19,20)/t13-;12-/m11/s1. The number of alkyl halides is 3. The number of nitrogens with zero attached hydrogens (tertiary/aromatic N) is 4. The molecule has 0 amide bonds. The fraction of sp³-hybridized carbons (Fsp3) is 0.333. The molecule has 0 spiro atoms. The zero-order chi connectivity index (χ0) is 32.4. The van der Waals surface area contributed by atoms with Gasteiger partial charge in [0.25, 0.3) is 0 Å². The minimum absolute atomic E-state index is 0.0122. The van der Waals surface area contributed by atoms with Crippen molar-refractivity contribution in [3.8, 4) is 5.88 Å². The number of halogens is 5. The van der Waals surface area contributed by atoms with Crippen LogP contribution in [-0.2, 0) is 9.47 Å². The topological polar surface area (TPSA) is 127 Å². The molecule has 2 aliphatic rings. The van der Waals surface area contributed by atoms with Crippen LogP contribution in [0.4, 0.5) is 36.3 Å². The number of hydrogen-bond acceptors (Lipinski definition) is 11. The van der Waals surface area contributed by atoms with Crippen LogP contribution in [0.1, 0.15) is 23.3 Å². The Hall–Kier alpha value is -3.79. The summed E-state index contributed by atoms with van der Waals surface area (Å²) in [5.41, 5.74) is 3.76. The van der Waals surface area contributed by atoms with Crippen molar-refractivity contribution >= 4 is 46.3 Å². The molecule has 2 atom stereocenters. The van der Waals surface area contributed by atoms with Gasteiger partial charge in [0, 0.05) is 49.8 Å². The van der Waals surface area contributed by atoms with Gasteiger partial charge < -0.3 is 35.5 Å². The van der Waals surface area contributed by atoms with Crippen molar-refractivity contribution in [2.24, 2.45) is 0 Å². The summed E-state index contributed by atoms with van der Waals surface area (Å²) >= 11 is 11.8. The highest BCUT2D eigenvalue weighted by Crippen LogP contribution is 2.26. The molecule has 11 nitrogen and oxygen atoms in total. The Morgan fingerprint density at radius 1 is 0.804 bits per heavy atom. The van der Waals surface area contributed by atoms with E-state index in [1.807, 2.05) is 48.5 Å². The molecule has 0 radical (unpaired) electrons. The summed E-state index contributed by atoms with van der Waals surface area (Å²) < 4.78 is 52.5. The summed E-state index contributed by atoms with van der Waals surface area (Å²) in [6.07, 6.45) is -1.50. The molecule has 0 aliphatic carbocycles. The first kappa shape index (κ1) is 33.6. The Kier molecular flexibility index (Phi) is 11.8. The van der Waals surface area contributed by atoms with Crippen LogP contribution in [0.2, 0.25) is 10.3 Å². The summed E-state index contributed by atoms with van der Waals surface area (Å²) in [7, 11) is 0. The van der Waals surface area contributed by atoms with Gasteiger partial charge in [0.15, 0.2) is 12.4 Å². The van der Waals surface area contributed by atoms with E-state index in [0.717, 1.165) is 49.6 Å². The molecule has 2 saturated heterocycles. The SMILES string of the molecule is Clc1ncc(Cl)c(Nc2ccc([C@H]3CNCCO3)cc2)n1.FC(F)(F)COc1ccnc(Nc2ccc([C@H]3CNCCO3)cc2)n1. The van der Waals surface area contributed by atoms with Gasteiger partial charge in [-0.05, 0) is 47.0 Å². The molecule has 0 bridgehead atoms. The molecule has 0 unspecified atom stereocenters. The van der Waals surface area contributed by atoms with Crippen LogP contribution < -0.4 is 26.0 Å². The lowest BCUT2D eigenvalue weighted by Gasteiger charge is -2.24. The lowest BCUT2D eigenvalue weighted by atomic mass is 10.1. The van der Waals surface area contributed by atoms with E-state index in [9.17, 15) is 13.2 Å². The average molecular weight is 680 g/mol. The largest absolute Gasteiger partial charge is 0.468 e. The maximum Gasteiger partial charge on any atom is 0.422 e. The Balaban J connectivity index is 0.000000184. The van der Waals surface area contributed by atoms with Crippen molar-refractivity contribution in [3.05, 3.63) is 88.4 Å². The Bertz CT molecular complexity index is 1540. The van der Waals surface area contributed by atoms with E-state index >= 15 is 0 Å². The van der Waals surface area contributed by atoms with Gasteiger partial charge in [-0.3, -0.25) is 0 Å². The van der Waals surface area contributed by atoms with E-state index in [-0.39, 0.29) is 29.3 Å². The molecule has 2 aromatic heterocycles. The van der Waals surface area contributed by atoms with Crippen LogP contribution in [0.5, 0.6) is 5.88 Å². The molecular weight excluding hydrogens is 648 g/mol. The molecule has 4 aromatic rings. The van der Waals surface area contributed by atoms with Crippen LogP contribution in [0.15, 0.2) is 67.0 Å². The zero-order valence-corrected chi connectivity index (χ0v) is 25.9. The summed E-state index contributed by atoms with van der Waals surface area (Å²) in [6, 6.07) is 16.7. The summed E-state index contributed by atoms with van der Waals surface area (Å²) in [4.78, 5) is 15.7. The van der Waals surface area contributed by atoms with Gasteiger partial charge in [-0.1, -0.05) is 35.9 Å². The molecule has 4 N–H and O–H groups in total. The molecule has 4 heterocycles. The second kappa shape index (κ2) is 16.2. The molecule has 16 heteroatoms. The molecule has 244 valence electrons. The van der Waals surface area contributed by atoms with Gasteiger partial charge in [-0.25, -0.2) is 9.97 Å². The number of hydrogen-bond donors (Lipinski definition) is 4.